The van der Waals surface area contributed by atoms with Crippen LogP contribution in [0.25, 0.3) is 0 Å². The van der Waals surface area contributed by atoms with E-state index in [-0.39, 0.29) is 12.8 Å². The summed E-state index contributed by atoms with van der Waals surface area (Å²) >= 11 is 0. The van der Waals surface area contributed by atoms with Crippen molar-refractivity contribution in [1.29, 1.82) is 0 Å². The molecule has 6 nitrogen and oxygen atoms in total. The number of hydrogen-bond donors (Lipinski definition) is 3. The first-order valence-corrected chi connectivity index (χ1v) is 6.91. The first-order valence-electron chi connectivity index (χ1n) is 6.91. The number of amides is 2. The van der Waals surface area contributed by atoms with E-state index in [1.54, 1.807) is 30.3 Å². The number of hydrogen-bond acceptors (Lipinski definition) is 3. The molecular weight excluding hydrogens is 272 g/mol. The Morgan fingerprint density at radius 3 is 2.33 bits per heavy atom. The molecule has 1 atom stereocenters. The smallest absolute Gasteiger partial charge is 0.306 e. The van der Waals surface area contributed by atoms with Crippen LogP contribution in [0.2, 0.25) is 0 Å². The molecule has 3 N–H and O–H groups in total. The Morgan fingerprint density at radius 1 is 1.10 bits per heavy atom. The van der Waals surface area contributed by atoms with E-state index in [1.807, 2.05) is 6.92 Å². The Bertz CT molecular complexity index is 488. The third-order valence-electron chi connectivity index (χ3n) is 3.06. The third-order valence-corrected chi connectivity index (χ3v) is 3.06. The largest absolute Gasteiger partial charge is 0.481 e. The van der Waals surface area contributed by atoms with Crippen LogP contribution in [0, 0.1) is 5.92 Å². The summed E-state index contributed by atoms with van der Waals surface area (Å²) in [7, 11) is 0. The van der Waals surface area contributed by atoms with Crippen LogP contribution in [0.4, 0.5) is 0 Å². The predicted octanol–water partition coefficient (Wildman–Crippen LogP) is 1.73. The van der Waals surface area contributed by atoms with Gasteiger partial charge in [0, 0.05) is 12.0 Å². The summed E-state index contributed by atoms with van der Waals surface area (Å²) in [4.78, 5) is 34.2. The molecule has 0 saturated heterocycles. The number of carboxylic acid groups (broad SMARTS) is 1. The molecular formula is C15H20N2O4. The highest BCUT2D eigenvalue weighted by molar-refractivity contribution is 5.95. The van der Waals surface area contributed by atoms with Gasteiger partial charge in [-0.3, -0.25) is 25.2 Å². The van der Waals surface area contributed by atoms with Gasteiger partial charge in [0.2, 0.25) is 5.91 Å². The number of carboxylic acids is 1. The van der Waals surface area contributed by atoms with Crippen LogP contribution in [0.1, 0.15) is 43.0 Å². The quantitative estimate of drug-likeness (QED) is 0.667. The van der Waals surface area contributed by atoms with Crippen molar-refractivity contribution in [3.05, 3.63) is 35.9 Å². The molecule has 1 aromatic rings. The first-order chi connectivity index (χ1) is 10.0. The third kappa shape index (κ3) is 6.07. The molecule has 1 rings (SSSR count). The van der Waals surface area contributed by atoms with E-state index < -0.39 is 23.7 Å². The standard InChI is InChI=1S/C15H20N2O4/c1-2-6-12(15(20)21)9-10-13(18)16-17-14(19)11-7-4-3-5-8-11/h3-5,7-8,12H,2,6,9-10H2,1H3,(H,16,18)(H,17,19)(H,20,21)/t12-/m0/s1. The van der Waals surface area contributed by atoms with Gasteiger partial charge in [-0.1, -0.05) is 31.5 Å². The lowest BCUT2D eigenvalue weighted by molar-refractivity contribution is -0.142. The summed E-state index contributed by atoms with van der Waals surface area (Å²) in [5, 5.41) is 8.98. The summed E-state index contributed by atoms with van der Waals surface area (Å²) in [6, 6.07) is 8.49. The van der Waals surface area contributed by atoms with Gasteiger partial charge >= 0.3 is 5.97 Å². The van der Waals surface area contributed by atoms with E-state index in [1.165, 1.54) is 0 Å². The fourth-order valence-corrected chi connectivity index (χ4v) is 1.90. The van der Waals surface area contributed by atoms with Crippen molar-refractivity contribution < 1.29 is 19.5 Å². The van der Waals surface area contributed by atoms with E-state index in [0.29, 0.717) is 12.0 Å². The van der Waals surface area contributed by atoms with Crippen molar-refractivity contribution >= 4 is 17.8 Å². The summed E-state index contributed by atoms with van der Waals surface area (Å²) in [5.74, 6) is -2.22. The van der Waals surface area contributed by atoms with Crippen molar-refractivity contribution in [3.63, 3.8) is 0 Å². The highest BCUT2D eigenvalue weighted by Crippen LogP contribution is 2.13. The van der Waals surface area contributed by atoms with Crippen LogP contribution in [0.5, 0.6) is 0 Å². The summed E-state index contributed by atoms with van der Waals surface area (Å²) in [5.41, 5.74) is 5.02. The Labute approximate surface area is 123 Å². The second-order valence-electron chi connectivity index (χ2n) is 4.73. The van der Waals surface area contributed by atoms with Gasteiger partial charge in [0.1, 0.15) is 0 Å². The average Bonchev–Trinajstić information content (AvgIpc) is 2.49. The highest BCUT2D eigenvalue weighted by atomic mass is 16.4. The maximum absolute atomic E-state index is 11.7. The zero-order valence-electron chi connectivity index (χ0n) is 12.0. The zero-order chi connectivity index (χ0) is 15.7. The number of carbonyl (C=O) groups excluding carboxylic acids is 2. The number of benzene rings is 1. The van der Waals surface area contributed by atoms with Crippen molar-refractivity contribution in [2.75, 3.05) is 0 Å². The molecule has 0 spiro atoms. The fourth-order valence-electron chi connectivity index (χ4n) is 1.90. The zero-order valence-corrected chi connectivity index (χ0v) is 12.0. The second kappa shape index (κ2) is 8.73. The van der Waals surface area contributed by atoms with E-state index in [9.17, 15) is 14.4 Å². The number of rotatable bonds is 7. The molecule has 1 aromatic carbocycles. The summed E-state index contributed by atoms with van der Waals surface area (Å²) < 4.78 is 0. The van der Waals surface area contributed by atoms with Crippen molar-refractivity contribution in [1.82, 2.24) is 10.9 Å². The number of hydrazine groups is 1. The molecule has 21 heavy (non-hydrogen) atoms. The number of aliphatic carboxylic acids is 1. The van der Waals surface area contributed by atoms with Gasteiger partial charge in [0.25, 0.3) is 5.91 Å². The Kier molecular flexibility index (Phi) is 6.94. The van der Waals surface area contributed by atoms with E-state index in [2.05, 4.69) is 10.9 Å². The van der Waals surface area contributed by atoms with Gasteiger partial charge in [-0.25, -0.2) is 0 Å². The monoisotopic (exact) mass is 292 g/mol. The highest BCUT2D eigenvalue weighted by Gasteiger charge is 2.17. The summed E-state index contributed by atoms with van der Waals surface area (Å²) in [6.45, 7) is 1.90. The maximum atomic E-state index is 11.7. The van der Waals surface area contributed by atoms with E-state index >= 15 is 0 Å². The lowest BCUT2D eigenvalue weighted by Gasteiger charge is -2.11. The van der Waals surface area contributed by atoms with Gasteiger partial charge in [0.15, 0.2) is 0 Å². The molecule has 0 aromatic heterocycles. The van der Waals surface area contributed by atoms with Crippen LogP contribution in [-0.4, -0.2) is 22.9 Å². The molecule has 0 unspecified atom stereocenters. The Morgan fingerprint density at radius 2 is 1.76 bits per heavy atom. The maximum Gasteiger partial charge on any atom is 0.306 e. The average molecular weight is 292 g/mol. The van der Waals surface area contributed by atoms with Crippen molar-refractivity contribution in [2.24, 2.45) is 5.92 Å². The van der Waals surface area contributed by atoms with Crippen LogP contribution < -0.4 is 10.9 Å². The van der Waals surface area contributed by atoms with Gasteiger partial charge in [-0.15, -0.1) is 0 Å². The first kappa shape index (κ1) is 16.7. The van der Waals surface area contributed by atoms with Gasteiger partial charge in [-0.2, -0.15) is 0 Å². The normalized spacial score (nSPS) is 11.5. The number of nitrogens with one attached hydrogen (secondary N) is 2. The molecule has 6 heteroatoms. The van der Waals surface area contributed by atoms with Crippen LogP contribution in [0.3, 0.4) is 0 Å². The predicted molar refractivity (Wildman–Crippen MR) is 77.3 cm³/mol. The number of carbonyl (C=O) groups is 3. The molecule has 0 aliphatic rings. The topological polar surface area (TPSA) is 95.5 Å². The molecule has 2 amide bonds. The lowest BCUT2D eigenvalue weighted by atomic mass is 9.98. The molecule has 0 fully saturated rings. The van der Waals surface area contributed by atoms with E-state index in [0.717, 1.165) is 6.42 Å². The van der Waals surface area contributed by atoms with Gasteiger partial charge in [0.05, 0.1) is 5.92 Å². The molecule has 114 valence electrons. The SMILES string of the molecule is CCC[C@@H](CCC(=O)NNC(=O)c1ccccc1)C(=O)O. The molecule has 0 aliphatic carbocycles. The minimum atomic E-state index is -0.891. The van der Waals surface area contributed by atoms with Crippen LogP contribution >= 0.6 is 0 Å². The fraction of sp³-hybridized carbons (Fsp3) is 0.400. The minimum Gasteiger partial charge on any atom is -0.481 e. The molecule has 0 radical (unpaired) electrons. The molecule has 0 bridgehead atoms. The van der Waals surface area contributed by atoms with E-state index in [4.69, 9.17) is 5.11 Å². The summed E-state index contributed by atoms with van der Waals surface area (Å²) in [6.07, 6.45) is 1.62. The Balaban J connectivity index is 2.34. The van der Waals surface area contributed by atoms with Crippen LogP contribution in [-0.2, 0) is 9.59 Å². The Hall–Kier alpha value is -2.37. The second-order valence-corrected chi connectivity index (χ2v) is 4.73. The molecule has 0 aliphatic heterocycles. The molecule has 0 saturated carbocycles. The van der Waals surface area contributed by atoms with Crippen LogP contribution in [0.15, 0.2) is 30.3 Å². The van der Waals surface area contributed by atoms with Crippen molar-refractivity contribution in [3.8, 4) is 0 Å². The van der Waals surface area contributed by atoms with Gasteiger partial charge in [-0.05, 0) is 25.0 Å². The molecule has 0 heterocycles. The lowest BCUT2D eigenvalue weighted by Crippen LogP contribution is -2.41. The van der Waals surface area contributed by atoms with Crippen molar-refractivity contribution in [2.45, 2.75) is 32.6 Å². The van der Waals surface area contributed by atoms with Gasteiger partial charge < -0.3 is 5.11 Å². The minimum absolute atomic E-state index is 0.0615.